The van der Waals surface area contributed by atoms with Crippen LogP contribution in [0.15, 0.2) is 0 Å². The molecule has 4 aliphatic rings. The first-order valence-corrected chi connectivity index (χ1v) is 9.33. The minimum Gasteiger partial charge on any atom is -1.00 e. The molecule has 0 aliphatic heterocycles. The third kappa shape index (κ3) is 3.40. The van der Waals surface area contributed by atoms with E-state index in [-0.39, 0.29) is 69.6 Å². The van der Waals surface area contributed by atoms with E-state index in [0.717, 1.165) is 24.7 Å². The minimum atomic E-state index is -0.0313. The predicted molar refractivity (Wildman–Crippen MR) is 90.5 cm³/mol. The first kappa shape index (κ1) is 26.2. The van der Waals surface area contributed by atoms with Crippen molar-refractivity contribution in [3.8, 4) is 0 Å². The Labute approximate surface area is 182 Å². The van der Waals surface area contributed by atoms with Crippen LogP contribution in [0.2, 0.25) is 0 Å². The average molecular weight is 427 g/mol. The molecule has 0 radical (unpaired) electrons. The van der Waals surface area contributed by atoms with Gasteiger partial charge in [-0.05, 0) is 72.0 Å². The zero-order valence-corrected chi connectivity index (χ0v) is 19.8. The maximum atomic E-state index is 9.81. The summed E-state index contributed by atoms with van der Waals surface area (Å²) in [6, 6.07) is 0. The van der Waals surface area contributed by atoms with E-state index in [9.17, 15) is 10.2 Å². The smallest absolute Gasteiger partial charge is 1.00 e. The van der Waals surface area contributed by atoms with E-state index in [2.05, 4.69) is 41.5 Å². The summed E-state index contributed by atoms with van der Waals surface area (Å²) in [7, 11) is 0. The summed E-state index contributed by atoms with van der Waals surface area (Å²) in [6.07, 6.45) is 7.15. The van der Waals surface area contributed by atoms with Crippen molar-refractivity contribution in [2.45, 2.75) is 92.3 Å². The van der Waals surface area contributed by atoms with Crippen molar-refractivity contribution < 1.29 is 56.7 Å². The van der Waals surface area contributed by atoms with Crippen molar-refractivity contribution >= 4 is 0 Å². The average Bonchev–Trinajstić information content (AvgIpc) is 2.91. The largest absolute Gasteiger partial charge is 2.00 e. The van der Waals surface area contributed by atoms with Gasteiger partial charge in [0.2, 0.25) is 0 Å². The van der Waals surface area contributed by atoms with Crippen LogP contribution >= 0.6 is 0 Å². The molecule has 0 aromatic rings. The summed E-state index contributed by atoms with van der Waals surface area (Å²) < 4.78 is 0. The molecule has 0 spiro atoms. The van der Waals surface area contributed by atoms with Crippen molar-refractivity contribution in [2.24, 2.45) is 33.5 Å². The summed E-state index contributed by atoms with van der Waals surface area (Å²) in [5, 5.41) is 19.6. The number of rotatable bonds is 0. The van der Waals surface area contributed by atoms with E-state index in [1.807, 2.05) is 0 Å². The second-order valence-electron chi connectivity index (χ2n) is 10.3. The minimum absolute atomic E-state index is 0. The second kappa shape index (κ2) is 7.92. The molecule has 0 saturated heterocycles. The van der Waals surface area contributed by atoms with Crippen molar-refractivity contribution in [1.29, 1.82) is 0 Å². The quantitative estimate of drug-likeness (QED) is 0.457. The van der Waals surface area contributed by atoms with Gasteiger partial charge in [-0.3, -0.25) is 0 Å². The van der Waals surface area contributed by atoms with Crippen molar-refractivity contribution in [2.75, 3.05) is 0 Å². The van der Waals surface area contributed by atoms with Gasteiger partial charge in [-0.25, -0.2) is 0 Å². The third-order valence-corrected chi connectivity index (χ3v) is 9.50. The van der Waals surface area contributed by atoms with Crippen LogP contribution in [-0.2, 0) is 21.7 Å². The molecule has 25 heavy (non-hydrogen) atoms. The molecule has 2 nitrogen and oxygen atoms in total. The van der Waals surface area contributed by atoms with Gasteiger partial charge in [0.15, 0.2) is 0 Å². The summed E-state index contributed by atoms with van der Waals surface area (Å²) >= 11 is 0. The Bertz CT molecular complexity index is 429. The molecule has 4 saturated carbocycles. The van der Waals surface area contributed by atoms with Crippen LogP contribution in [0.25, 0.3) is 0 Å². The van der Waals surface area contributed by atoms with Gasteiger partial charge in [-0.2, -0.15) is 0 Å². The van der Waals surface area contributed by atoms with Crippen molar-refractivity contribution in [3.05, 3.63) is 0 Å². The van der Waals surface area contributed by atoms with Crippen molar-refractivity contribution in [1.82, 2.24) is 0 Å². The number of fused-ring (bicyclic) bond motifs is 4. The second-order valence-corrected chi connectivity index (χ2v) is 10.3. The molecule has 6 atom stereocenters. The zero-order chi connectivity index (χ0) is 16.6. The van der Waals surface area contributed by atoms with Crippen LogP contribution < -0.4 is 24.8 Å². The summed E-state index contributed by atoms with van der Waals surface area (Å²) in [5.41, 5.74) is 1.20. The monoisotopic (exact) mass is 426 g/mol. The molecule has 146 valence electrons. The van der Waals surface area contributed by atoms with Crippen LogP contribution in [0, 0.1) is 33.5 Å². The van der Waals surface area contributed by atoms with Gasteiger partial charge in [0.1, 0.15) is 0 Å². The van der Waals surface area contributed by atoms with Gasteiger partial charge < -0.3 is 35.0 Å². The SMILES string of the molecule is CC1(C)C2CCC1(C)C(O)C2.CC1(C)C2CCC1(C)C(O)C2.[Cl-].[Cl-].[Ti+2]. The van der Waals surface area contributed by atoms with Crippen molar-refractivity contribution in [3.63, 3.8) is 0 Å². The van der Waals surface area contributed by atoms with Gasteiger partial charge in [0.25, 0.3) is 0 Å². The van der Waals surface area contributed by atoms with Gasteiger partial charge in [0.05, 0.1) is 12.2 Å². The number of aliphatic hydroxyl groups excluding tert-OH is 2. The van der Waals surface area contributed by atoms with Gasteiger partial charge in [-0.1, -0.05) is 41.5 Å². The fourth-order valence-corrected chi connectivity index (χ4v) is 6.32. The summed E-state index contributed by atoms with van der Waals surface area (Å²) in [6.45, 7) is 13.8. The Kier molecular flexibility index (Phi) is 8.30. The summed E-state index contributed by atoms with van der Waals surface area (Å²) in [5.74, 6) is 1.56. The molecule has 0 aromatic carbocycles. The Morgan fingerprint density at radius 2 is 0.920 bits per heavy atom. The normalized spacial score (nSPS) is 47.0. The van der Waals surface area contributed by atoms with Gasteiger partial charge >= 0.3 is 21.7 Å². The Hall–Kier alpha value is 1.21. The third-order valence-electron chi connectivity index (χ3n) is 9.50. The van der Waals surface area contributed by atoms with E-state index >= 15 is 0 Å². The first-order valence-electron chi connectivity index (χ1n) is 9.33. The van der Waals surface area contributed by atoms with Crippen LogP contribution in [0.1, 0.15) is 80.1 Å². The molecule has 4 fully saturated rings. The number of aliphatic hydroxyl groups is 2. The summed E-state index contributed by atoms with van der Waals surface area (Å²) in [4.78, 5) is 0. The van der Waals surface area contributed by atoms with E-state index in [0.29, 0.717) is 10.8 Å². The molecule has 2 N–H and O–H groups in total. The van der Waals surface area contributed by atoms with Gasteiger partial charge in [-0.15, -0.1) is 0 Å². The fraction of sp³-hybridized carbons (Fsp3) is 1.00. The van der Waals surface area contributed by atoms with Gasteiger partial charge in [0, 0.05) is 0 Å². The van der Waals surface area contributed by atoms with Crippen LogP contribution in [0.3, 0.4) is 0 Å². The predicted octanol–water partition coefficient (Wildman–Crippen LogP) is -1.61. The molecule has 6 unspecified atom stereocenters. The zero-order valence-electron chi connectivity index (χ0n) is 16.7. The topological polar surface area (TPSA) is 40.5 Å². The molecule has 4 bridgehead atoms. The number of hydrogen-bond donors (Lipinski definition) is 2. The van der Waals surface area contributed by atoms with Crippen LogP contribution in [-0.4, -0.2) is 22.4 Å². The van der Waals surface area contributed by atoms with E-state index in [1.165, 1.54) is 25.7 Å². The molecular formula is C20H36Cl2O2Ti. The molecule has 5 heteroatoms. The van der Waals surface area contributed by atoms with Crippen LogP contribution in [0.4, 0.5) is 0 Å². The Morgan fingerprint density at radius 3 is 1.00 bits per heavy atom. The Morgan fingerprint density at radius 1 is 0.640 bits per heavy atom. The molecule has 4 aliphatic carbocycles. The maximum absolute atomic E-state index is 9.81. The maximum Gasteiger partial charge on any atom is 2.00 e. The fourth-order valence-electron chi connectivity index (χ4n) is 6.32. The van der Waals surface area contributed by atoms with E-state index in [1.54, 1.807) is 0 Å². The standard InChI is InChI=1S/2C10H18O.2ClH.Ti/c2*1-9(2)7-4-5-10(9,3)8(11)6-7;;;/h2*7-8,11H,4-6H2,1-3H3;2*1H;/q;;;;+2/p-2. The molecule has 4 rings (SSSR count). The molecule has 0 aromatic heterocycles. The number of halogens is 2. The van der Waals surface area contributed by atoms with Crippen LogP contribution in [0.5, 0.6) is 0 Å². The first-order chi connectivity index (χ1) is 9.97. The molecule has 0 heterocycles. The molecular weight excluding hydrogens is 391 g/mol. The molecule has 0 amide bonds. The van der Waals surface area contributed by atoms with E-state index in [4.69, 9.17) is 0 Å². The van der Waals surface area contributed by atoms with E-state index < -0.39 is 0 Å². The Balaban J connectivity index is 0.000000411. The number of hydrogen-bond acceptors (Lipinski definition) is 2.